The molecule has 0 spiro atoms. The number of aliphatic imine (C=N–C) groups is 1. The van der Waals surface area contributed by atoms with Crippen LogP contribution in [0.2, 0.25) is 0 Å². The number of nitrogens with zero attached hydrogens (tertiary/aromatic N) is 2. The van der Waals surface area contributed by atoms with Crippen LogP contribution in [0.25, 0.3) is 0 Å². The fourth-order valence-electron chi connectivity index (χ4n) is 1.80. The number of nitrogens with one attached hydrogen (secondary N) is 1. The number of hydrogen-bond donors (Lipinski definition) is 2. The van der Waals surface area contributed by atoms with Crippen LogP contribution in [0.5, 0.6) is 5.75 Å². The summed E-state index contributed by atoms with van der Waals surface area (Å²) in [6, 6.07) is 13.6. The number of aromatic nitrogens is 1. The Morgan fingerprint density at radius 1 is 1.27 bits per heavy atom. The first kappa shape index (κ1) is 16.3. The number of guanidine groups is 1. The Morgan fingerprint density at radius 2 is 2.18 bits per heavy atom. The molecule has 0 fully saturated rings. The van der Waals surface area contributed by atoms with E-state index in [4.69, 9.17) is 10.5 Å². The number of ether oxygens (including phenoxy) is 1. The Hall–Kier alpha value is -2.08. The van der Waals surface area contributed by atoms with E-state index in [1.54, 1.807) is 6.20 Å². The van der Waals surface area contributed by atoms with Crippen molar-refractivity contribution in [2.75, 3.05) is 19.7 Å². The molecule has 0 aliphatic rings. The summed E-state index contributed by atoms with van der Waals surface area (Å²) in [4.78, 5) is 8.50. The average molecular weight is 363 g/mol. The van der Waals surface area contributed by atoms with E-state index >= 15 is 0 Å². The molecule has 0 bridgehead atoms. The predicted octanol–water partition coefficient (Wildman–Crippen LogP) is 2.37. The molecular weight excluding hydrogens is 344 g/mol. The largest absolute Gasteiger partial charge is 0.492 e. The van der Waals surface area contributed by atoms with Gasteiger partial charge in [0.1, 0.15) is 12.4 Å². The minimum absolute atomic E-state index is 0.425. The zero-order valence-corrected chi connectivity index (χ0v) is 13.8. The van der Waals surface area contributed by atoms with Crippen molar-refractivity contribution in [2.24, 2.45) is 10.7 Å². The lowest BCUT2D eigenvalue weighted by atomic mass is 10.3. The molecule has 0 saturated heterocycles. The summed E-state index contributed by atoms with van der Waals surface area (Å²) in [5.74, 6) is 1.25. The molecule has 2 aromatic rings. The van der Waals surface area contributed by atoms with Crippen LogP contribution >= 0.6 is 15.9 Å². The number of rotatable bonds is 7. The lowest BCUT2D eigenvalue weighted by Gasteiger charge is -2.08. The highest BCUT2D eigenvalue weighted by Crippen LogP contribution is 2.17. The van der Waals surface area contributed by atoms with Gasteiger partial charge in [0.2, 0.25) is 0 Å². The number of halogens is 1. The molecule has 0 radical (unpaired) electrons. The van der Waals surface area contributed by atoms with Gasteiger partial charge in [-0.3, -0.25) is 9.98 Å². The normalized spacial score (nSPS) is 11.2. The van der Waals surface area contributed by atoms with Gasteiger partial charge in [-0.05, 0) is 30.3 Å². The van der Waals surface area contributed by atoms with E-state index in [9.17, 15) is 0 Å². The molecule has 0 saturated carbocycles. The maximum absolute atomic E-state index is 5.80. The number of hydrogen-bond acceptors (Lipinski definition) is 3. The molecule has 0 unspecified atom stereocenters. The molecule has 0 amide bonds. The van der Waals surface area contributed by atoms with Crippen molar-refractivity contribution in [3.8, 4) is 5.75 Å². The SMILES string of the molecule is NC(=NCCc1ccccn1)NCCOc1cccc(Br)c1. The van der Waals surface area contributed by atoms with Crippen LogP contribution < -0.4 is 15.8 Å². The van der Waals surface area contributed by atoms with E-state index in [0.717, 1.165) is 22.3 Å². The number of benzene rings is 1. The second-order valence-electron chi connectivity index (χ2n) is 4.57. The van der Waals surface area contributed by atoms with E-state index in [1.165, 1.54) is 0 Å². The van der Waals surface area contributed by atoms with Gasteiger partial charge in [0, 0.05) is 29.3 Å². The smallest absolute Gasteiger partial charge is 0.188 e. The highest BCUT2D eigenvalue weighted by atomic mass is 79.9. The summed E-state index contributed by atoms with van der Waals surface area (Å²) in [6.45, 7) is 1.74. The van der Waals surface area contributed by atoms with Gasteiger partial charge in [-0.15, -0.1) is 0 Å². The molecule has 22 heavy (non-hydrogen) atoms. The van der Waals surface area contributed by atoms with Crippen molar-refractivity contribution in [1.29, 1.82) is 0 Å². The van der Waals surface area contributed by atoms with Crippen LogP contribution in [0.15, 0.2) is 58.1 Å². The molecule has 1 aromatic heterocycles. The summed E-state index contributed by atoms with van der Waals surface area (Å²) in [5, 5.41) is 3.02. The topological polar surface area (TPSA) is 72.5 Å². The van der Waals surface area contributed by atoms with Crippen LogP contribution in [0.4, 0.5) is 0 Å². The summed E-state index contributed by atoms with van der Waals surface area (Å²) in [6.07, 6.45) is 2.55. The standard InChI is InChI=1S/C16H19BrN4O/c17-13-4-3-6-15(12-13)22-11-10-21-16(18)20-9-7-14-5-1-2-8-19-14/h1-6,8,12H,7,9-11H2,(H3,18,20,21). The Balaban J connectivity index is 1.63. The van der Waals surface area contributed by atoms with Gasteiger partial charge in [0.05, 0.1) is 6.54 Å². The monoisotopic (exact) mass is 362 g/mol. The fourth-order valence-corrected chi connectivity index (χ4v) is 2.18. The minimum Gasteiger partial charge on any atom is -0.492 e. The number of pyridine rings is 1. The molecule has 5 nitrogen and oxygen atoms in total. The Morgan fingerprint density at radius 3 is 2.95 bits per heavy atom. The fraction of sp³-hybridized carbons (Fsp3) is 0.250. The summed E-state index contributed by atoms with van der Waals surface area (Å²) in [7, 11) is 0. The maximum Gasteiger partial charge on any atom is 0.188 e. The molecule has 1 aromatic carbocycles. The summed E-state index contributed by atoms with van der Waals surface area (Å²) < 4.78 is 6.59. The Bertz CT molecular complexity index is 604. The first-order chi connectivity index (χ1) is 10.7. The van der Waals surface area contributed by atoms with E-state index in [2.05, 4.69) is 31.2 Å². The van der Waals surface area contributed by atoms with Gasteiger partial charge < -0.3 is 15.8 Å². The van der Waals surface area contributed by atoms with Crippen molar-refractivity contribution >= 4 is 21.9 Å². The zero-order chi connectivity index (χ0) is 15.6. The van der Waals surface area contributed by atoms with Crippen LogP contribution in [-0.2, 0) is 6.42 Å². The van der Waals surface area contributed by atoms with Gasteiger partial charge in [-0.1, -0.05) is 28.1 Å². The lowest BCUT2D eigenvalue weighted by molar-refractivity contribution is 0.322. The highest BCUT2D eigenvalue weighted by Gasteiger charge is 1.96. The van der Waals surface area contributed by atoms with E-state index < -0.39 is 0 Å². The van der Waals surface area contributed by atoms with Gasteiger partial charge in [0.15, 0.2) is 5.96 Å². The van der Waals surface area contributed by atoms with Crippen molar-refractivity contribution in [2.45, 2.75) is 6.42 Å². The van der Waals surface area contributed by atoms with Crippen LogP contribution in [0.3, 0.4) is 0 Å². The molecule has 116 valence electrons. The predicted molar refractivity (Wildman–Crippen MR) is 92.1 cm³/mol. The van der Waals surface area contributed by atoms with Crippen molar-refractivity contribution in [1.82, 2.24) is 10.3 Å². The molecule has 2 rings (SSSR count). The minimum atomic E-state index is 0.425. The van der Waals surface area contributed by atoms with Crippen LogP contribution in [-0.4, -0.2) is 30.6 Å². The first-order valence-corrected chi connectivity index (χ1v) is 7.85. The summed E-state index contributed by atoms with van der Waals surface area (Å²) >= 11 is 3.40. The number of nitrogens with two attached hydrogens (primary N) is 1. The van der Waals surface area contributed by atoms with E-state index in [1.807, 2.05) is 42.5 Å². The van der Waals surface area contributed by atoms with Crippen LogP contribution in [0.1, 0.15) is 5.69 Å². The Labute approximate surface area is 138 Å². The molecule has 6 heteroatoms. The van der Waals surface area contributed by atoms with Crippen molar-refractivity contribution in [3.63, 3.8) is 0 Å². The molecule has 0 aliphatic heterocycles. The van der Waals surface area contributed by atoms with E-state index in [-0.39, 0.29) is 0 Å². The second-order valence-corrected chi connectivity index (χ2v) is 5.49. The van der Waals surface area contributed by atoms with Gasteiger partial charge in [0.25, 0.3) is 0 Å². The van der Waals surface area contributed by atoms with Crippen molar-refractivity contribution in [3.05, 3.63) is 58.8 Å². The zero-order valence-electron chi connectivity index (χ0n) is 12.2. The molecule has 3 N–H and O–H groups in total. The van der Waals surface area contributed by atoms with Gasteiger partial charge >= 0.3 is 0 Å². The first-order valence-electron chi connectivity index (χ1n) is 7.06. The molecule has 0 atom stereocenters. The quantitative estimate of drug-likeness (QED) is 0.450. The van der Waals surface area contributed by atoms with Gasteiger partial charge in [-0.2, -0.15) is 0 Å². The Kier molecular flexibility index (Phi) is 6.70. The van der Waals surface area contributed by atoms with Crippen LogP contribution in [0, 0.1) is 0 Å². The third-order valence-corrected chi connectivity index (χ3v) is 3.34. The highest BCUT2D eigenvalue weighted by molar-refractivity contribution is 9.10. The molecular formula is C16H19BrN4O. The molecule has 0 aliphatic carbocycles. The second kappa shape index (κ2) is 9.04. The summed E-state index contributed by atoms with van der Waals surface area (Å²) in [5.41, 5.74) is 6.81. The average Bonchev–Trinajstić information content (AvgIpc) is 2.53. The lowest BCUT2D eigenvalue weighted by Crippen LogP contribution is -2.35. The van der Waals surface area contributed by atoms with Crippen molar-refractivity contribution < 1.29 is 4.74 Å². The third-order valence-electron chi connectivity index (χ3n) is 2.85. The van der Waals surface area contributed by atoms with E-state index in [0.29, 0.717) is 25.7 Å². The van der Waals surface area contributed by atoms with Gasteiger partial charge in [-0.25, -0.2) is 0 Å². The molecule has 1 heterocycles. The maximum atomic E-state index is 5.80. The third kappa shape index (κ3) is 6.13.